The molecule has 0 saturated heterocycles. The van der Waals surface area contributed by atoms with E-state index in [-0.39, 0.29) is 5.91 Å². The van der Waals surface area contributed by atoms with E-state index in [2.05, 4.69) is 5.32 Å². The molecule has 1 aromatic carbocycles. The van der Waals surface area contributed by atoms with Gasteiger partial charge in [0.2, 0.25) is 5.91 Å². The molecular weight excluding hydrogens is 322 g/mol. The summed E-state index contributed by atoms with van der Waals surface area (Å²) < 4.78 is 4.91. The third-order valence-electron chi connectivity index (χ3n) is 4.58. The Kier molecular flexibility index (Phi) is 5.96. The first kappa shape index (κ1) is 18.7. The van der Waals surface area contributed by atoms with Crippen LogP contribution in [0, 0.1) is 11.8 Å². The van der Waals surface area contributed by atoms with Crippen LogP contribution in [0.4, 0.5) is 5.69 Å². The molecule has 0 heterocycles. The van der Waals surface area contributed by atoms with Crippen molar-refractivity contribution in [1.29, 1.82) is 0 Å². The molecule has 2 N–H and O–H groups in total. The van der Waals surface area contributed by atoms with E-state index in [1.165, 1.54) is 0 Å². The highest BCUT2D eigenvalue weighted by molar-refractivity contribution is 5.96. The van der Waals surface area contributed by atoms with Crippen molar-refractivity contribution >= 4 is 23.5 Å². The molecule has 134 valence electrons. The minimum Gasteiger partial charge on any atom is -0.481 e. The van der Waals surface area contributed by atoms with Crippen molar-refractivity contribution in [2.24, 2.45) is 11.8 Å². The van der Waals surface area contributed by atoms with E-state index in [0.29, 0.717) is 30.7 Å². The van der Waals surface area contributed by atoms with Gasteiger partial charge in [-0.15, -0.1) is 0 Å². The van der Waals surface area contributed by atoms with Gasteiger partial charge in [-0.05, 0) is 57.9 Å². The highest BCUT2D eigenvalue weighted by Crippen LogP contribution is 2.35. The lowest BCUT2D eigenvalue weighted by Crippen LogP contribution is -2.36. The molecule has 0 spiro atoms. The molecule has 1 aliphatic carbocycles. The summed E-state index contributed by atoms with van der Waals surface area (Å²) >= 11 is 0. The number of aliphatic carboxylic acids is 1. The quantitative estimate of drug-likeness (QED) is 0.631. The SMILES string of the molecule is CCOC(=O)c1ccc(NC(=O)[C@H]2CC(C)=C(C)C[C@H]2C(=O)O)cc1. The first-order chi connectivity index (χ1) is 11.8. The number of esters is 1. The molecule has 0 fully saturated rings. The van der Waals surface area contributed by atoms with Gasteiger partial charge in [0.1, 0.15) is 0 Å². The van der Waals surface area contributed by atoms with Gasteiger partial charge in [0.05, 0.1) is 24.0 Å². The molecule has 2 atom stereocenters. The number of hydrogen-bond donors (Lipinski definition) is 2. The van der Waals surface area contributed by atoms with Crippen LogP contribution in [0.2, 0.25) is 0 Å². The van der Waals surface area contributed by atoms with Crippen LogP contribution >= 0.6 is 0 Å². The zero-order valence-electron chi connectivity index (χ0n) is 14.7. The maximum absolute atomic E-state index is 12.6. The van der Waals surface area contributed by atoms with Crippen LogP contribution in [-0.4, -0.2) is 29.6 Å². The monoisotopic (exact) mass is 345 g/mol. The highest BCUT2D eigenvalue weighted by Gasteiger charge is 2.37. The molecule has 0 saturated carbocycles. The summed E-state index contributed by atoms with van der Waals surface area (Å²) in [5.74, 6) is -3.02. The van der Waals surface area contributed by atoms with Crippen LogP contribution in [0.1, 0.15) is 44.0 Å². The molecule has 1 aliphatic rings. The van der Waals surface area contributed by atoms with E-state index < -0.39 is 23.8 Å². The van der Waals surface area contributed by atoms with E-state index in [4.69, 9.17) is 4.74 Å². The average molecular weight is 345 g/mol. The molecular formula is C19H23NO5. The summed E-state index contributed by atoms with van der Waals surface area (Å²) in [4.78, 5) is 35.7. The molecule has 0 unspecified atom stereocenters. The maximum atomic E-state index is 12.6. The Hall–Kier alpha value is -2.63. The van der Waals surface area contributed by atoms with Crippen molar-refractivity contribution in [1.82, 2.24) is 0 Å². The summed E-state index contributed by atoms with van der Waals surface area (Å²) in [6.07, 6.45) is 0.830. The molecule has 6 nitrogen and oxygen atoms in total. The number of carboxylic acids is 1. The Bertz CT molecular complexity index is 705. The van der Waals surface area contributed by atoms with Crippen molar-refractivity contribution in [3.63, 3.8) is 0 Å². The lowest BCUT2D eigenvalue weighted by atomic mass is 9.76. The smallest absolute Gasteiger partial charge is 0.338 e. The van der Waals surface area contributed by atoms with Crippen molar-refractivity contribution in [3.05, 3.63) is 41.0 Å². The minimum atomic E-state index is -0.954. The molecule has 0 aromatic heterocycles. The summed E-state index contributed by atoms with van der Waals surface area (Å²) in [7, 11) is 0. The number of hydrogen-bond acceptors (Lipinski definition) is 4. The van der Waals surface area contributed by atoms with Crippen molar-refractivity contribution in [2.45, 2.75) is 33.6 Å². The van der Waals surface area contributed by atoms with Gasteiger partial charge in [0, 0.05) is 5.69 Å². The molecule has 2 rings (SSSR count). The van der Waals surface area contributed by atoms with Gasteiger partial charge in [-0.2, -0.15) is 0 Å². The van der Waals surface area contributed by atoms with Gasteiger partial charge in [-0.3, -0.25) is 9.59 Å². The summed E-state index contributed by atoms with van der Waals surface area (Å²) in [5, 5.41) is 12.2. The minimum absolute atomic E-state index is 0.294. The second-order valence-electron chi connectivity index (χ2n) is 6.31. The Morgan fingerprint density at radius 2 is 1.64 bits per heavy atom. The largest absolute Gasteiger partial charge is 0.481 e. The van der Waals surface area contributed by atoms with Crippen LogP contribution in [0.25, 0.3) is 0 Å². The molecule has 1 amide bonds. The highest BCUT2D eigenvalue weighted by atomic mass is 16.5. The third-order valence-corrected chi connectivity index (χ3v) is 4.58. The fourth-order valence-electron chi connectivity index (χ4n) is 2.97. The van der Waals surface area contributed by atoms with Gasteiger partial charge in [-0.1, -0.05) is 11.1 Å². The van der Waals surface area contributed by atoms with E-state index >= 15 is 0 Å². The van der Waals surface area contributed by atoms with Gasteiger partial charge in [0.25, 0.3) is 0 Å². The summed E-state index contributed by atoms with van der Waals surface area (Å²) in [6, 6.07) is 6.35. The van der Waals surface area contributed by atoms with Crippen LogP contribution in [-0.2, 0) is 14.3 Å². The Balaban J connectivity index is 2.10. The van der Waals surface area contributed by atoms with Crippen LogP contribution in [0.15, 0.2) is 35.4 Å². The van der Waals surface area contributed by atoms with Gasteiger partial charge in [-0.25, -0.2) is 4.79 Å². The number of carbonyl (C=O) groups excluding carboxylic acids is 2. The van der Waals surface area contributed by atoms with Gasteiger partial charge < -0.3 is 15.2 Å². The first-order valence-electron chi connectivity index (χ1n) is 8.29. The van der Waals surface area contributed by atoms with E-state index in [1.54, 1.807) is 31.2 Å². The molecule has 25 heavy (non-hydrogen) atoms. The number of anilines is 1. The second kappa shape index (κ2) is 7.96. The molecule has 0 radical (unpaired) electrons. The second-order valence-corrected chi connectivity index (χ2v) is 6.31. The normalized spacial score (nSPS) is 20.1. The lowest BCUT2D eigenvalue weighted by molar-refractivity contribution is -0.146. The van der Waals surface area contributed by atoms with Crippen LogP contribution in [0.3, 0.4) is 0 Å². The topological polar surface area (TPSA) is 92.7 Å². The van der Waals surface area contributed by atoms with E-state index in [1.807, 2.05) is 13.8 Å². The number of allylic oxidation sites excluding steroid dienone is 2. The maximum Gasteiger partial charge on any atom is 0.338 e. The third kappa shape index (κ3) is 4.47. The average Bonchev–Trinajstić information content (AvgIpc) is 2.57. The zero-order chi connectivity index (χ0) is 18.6. The number of benzene rings is 1. The first-order valence-corrected chi connectivity index (χ1v) is 8.29. The number of rotatable bonds is 5. The number of ether oxygens (including phenoxy) is 1. The Morgan fingerprint density at radius 3 is 2.16 bits per heavy atom. The lowest BCUT2D eigenvalue weighted by Gasteiger charge is -2.29. The Morgan fingerprint density at radius 1 is 1.08 bits per heavy atom. The van der Waals surface area contributed by atoms with Gasteiger partial charge in [0.15, 0.2) is 0 Å². The van der Waals surface area contributed by atoms with Gasteiger partial charge >= 0.3 is 11.9 Å². The fourth-order valence-corrected chi connectivity index (χ4v) is 2.97. The van der Waals surface area contributed by atoms with Crippen molar-refractivity contribution < 1.29 is 24.2 Å². The van der Waals surface area contributed by atoms with Crippen molar-refractivity contribution in [2.75, 3.05) is 11.9 Å². The number of nitrogens with one attached hydrogen (secondary N) is 1. The molecule has 6 heteroatoms. The molecule has 1 aromatic rings. The van der Waals surface area contributed by atoms with Crippen LogP contribution < -0.4 is 5.32 Å². The molecule has 0 aliphatic heterocycles. The van der Waals surface area contributed by atoms with E-state index in [9.17, 15) is 19.5 Å². The predicted octanol–water partition coefficient (Wildman–Crippen LogP) is 3.25. The standard InChI is InChI=1S/C19H23NO5/c1-4-25-19(24)13-5-7-14(8-6-13)20-17(21)15-9-11(2)12(3)10-16(15)18(22)23/h5-8,15-16H,4,9-10H2,1-3H3,(H,20,21)(H,22,23)/t15-,16+/m0/s1. The predicted molar refractivity (Wildman–Crippen MR) is 93.3 cm³/mol. The summed E-state index contributed by atoms with van der Waals surface area (Å²) in [6.45, 7) is 5.87. The molecule has 0 bridgehead atoms. The number of amides is 1. The number of carbonyl (C=O) groups is 3. The van der Waals surface area contributed by atoms with Crippen molar-refractivity contribution in [3.8, 4) is 0 Å². The zero-order valence-corrected chi connectivity index (χ0v) is 14.7. The van der Waals surface area contributed by atoms with E-state index in [0.717, 1.165) is 11.1 Å². The van der Waals surface area contributed by atoms with Crippen LogP contribution in [0.5, 0.6) is 0 Å². The summed E-state index contributed by atoms with van der Waals surface area (Å²) in [5.41, 5.74) is 3.02. The Labute approximate surface area is 146 Å². The number of carboxylic acid groups (broad SMARTS) is 1. The fraction of sp³-hybridized carbons (Fsp3) is 0.421.